The molecule has 1 rings (SSSR count). The molecule has 4 heteroatoms. The molecular formula is C15H24N2O2. The third-order valence-corrected chi connectivity index (χ3v) is 3.55. The van der Waals surface area contributed by atoms with Crippen molar-refractivity contribution in [3.05, 3.63) is 29.8 Å². The summed E-state index contributed by atoms with van der Waals surface area (Å²) in [5, 5.41) is 3.05. The first-order valence-corrected chi connectivity index (χ1v) is 6.86. The molecule has 0 saturated heterocycles. The molecule has 0 aliphatic rings. The Morgan fingerprint density at radius 2 is 1.89 bits per heavy atom. The highest BCUT2D eigenvalue weighted by Crippen LogP contribution is 2.20. The maximum Gasteiger partial charge on any atom is 0.255 e. The van der Waals surface area contributed by atoms with Gasteiger partial charge in [-0.1, -0.05) is 26.0 Å². The van der Waals surface area contributed by atoms with Gasteiger partial charge >= 0.3 is 0 Å². The van der Waals surface area contributed by atoms with Gasteiger partial charge in [0.2, 0.25) is 0 Å². The predicted molar refractivity (Wildman–Crippen MR) is 77.4 cm³/mol. The molecule has 0 atom stereocenters. The van der Waals surface area contributed by atoms with Crippen molar-refractivity contribution in [2.45, 2.75) is 39.2 Å². The quantitative estimate of drug-likeness (QED) is 0.794. The summed E-state index contributed by atoms with van der Waals surface area (Å²) in [5.74, 6) is 0.485. The number of para-hydroxylation sites is 1. The van der Waals surface area contributed by atoms with Gasteiger partial charge in [0.1, 0.15) is 5.75 Å². The van der Waals surface area contributed by atoms with Crippen LogP contribution in [0.2, 0.25) is 0 Å². The first kappa shape index (κ1) is 15.5. The maximum atomic E-state index is 12.4. The highest BCUT2D eigenvalue weighted by atomic mass is 16.5. The van der Waals surface area contributed by atoms with Crippen LogP contribution in [-0.4, -0.2) is 24.6 Å². The molecule has 0 unspecified atom stereocenters. The number of nitrogens with one attached hydrogen (secondary N) is 1. The van der Waals surface area contributed by atoms with Gasteiger partial charge in [-0.05, 0) is 31.9 Å². The second kappa shape index (κ2) is 7.14. The van der Waals surface area contributed by atoms with E-state index in [1.54, 1.807) is 12.1 Å². The van der Waals surface area contributed by atoms with Crippen LogP contribution in [0.4, 0.5) is 0 Å². The molecule has 0 aliphatic heterocycles. The summed E-state index contributed by atoms with van der Waals surface area (Å²) < 4.78 is 5.48. The second-order valence-corrected chi connectivity index (χ2v) is 4.57. The highest BCUT2D eigenvalue weighted by Gasteiger charge is 2.27. The second-order valence-electron chi connectivity index (χ2n) is 4.57. The smallest absolute Gasteiger partial charge is 0.255 e. The van der Waals surface area contributed by atoms with Gasteiger partial charge in [0, 0.05) is 6.54 Å². The van der Waals surface area contributed by atoms with Crippen molar-refractivity contribution in [2.24, 2.45) is 5.73 Å². The van der Waals surface area contributed by atoms with E-state index in [1.807, 2.05) is 32.9 Å². The number of carbonyl (C=O) groups is 1. The fourth-order valence-corrected chi connectivity index (χ4v) is 2.01. The van der Waals surface area contributed by atoms with Crippen molar-refractivity contribution in [3.8, 4) is 5.75 Å². The van der Waals surface area contributed by atoms with Gasteiger partial charge in [0.25, 0.3) is 5.91 Å². The van der Waals surface area contributed by atoms with E-state index in [0.29, 0.717) is 24.5 Å². The van der Waals surface area contributed by atoms with Gasteiger partial charge in [-0.15, -0.1) is 0 Å². The number of nitrogens with two attached hydrogens (primary N) is 1. The molecule has 0 heterocycles. The monoisotopic (exact) mass is 264 g/mol. The SMILES string of the molecule is CCOc1ccccc1C(=O)NC(CC)(CC)CN. The molecule has 0 aromatic heterocycles. The van der Waals surface area contributed by atoms with Gasteiger partial charge in [-0.3, -0.25) is 4.79 Å². The van der Waals surface area contributed by atoms with E-state index in [4.69, 9.17) is 10.5 Å². The number of benzene rings is 1. The zero-order valence-corrected chi connectivity index (χ0v) is 12.0. The van der Waals surface area contributed by atoms with Gasteiger partial charge < -0.3 is 15.8 Å². The number of ether oxygens (including phenoxy) is 1. The zero-order chi connectivity index (χ0) is 14.3. The highest BCUT2D eigenvalue weighted by molar-refractivity contribution is 5.97. The summed E-state index contributed by atoms with van der Waals surface area (Å²) in [6.07, 6.45) is 1.62. The molecule has 0 bridgehead atoms. The first-order chi connectivity index (χ1) is 9.12. The summed E-state index contributed by atoms with van der Waals surface area (Å²) in [6.45, 7) is 6.93. The van der Waals surface area contributed by atoms with Crippen LogP contribution >= 0.6 is 0 Å². The van der Waals surface area contributed by atoms with E-state index in [0.717, 1.165) is 12.8 Å². The van der Waals surface area contributed by atoms with Crippen LogP contribution in [0.1, 0.15) is 44.0 Å². The Balaban J connectivity index is 2.94. The Kier molecular flexibility index (Phi) is 5.83. The van der Waals surface area contributed by atoms with Gasteiger partial charge in [-0.25, -0.2) is 0 Å². The minimum atomic E-state index is -0.337. The summed E-state index contributed by atoms with van der Waals surface area (Å²) in [4.78, 5) is 12.4. The average molecular weight is 264 g/mol. The average Bonchev–Trinajstić information content (AvgIpc) is 2.46. The van der Waals surface area contributed by atoms with Crippen LogP contribution in [0.25, 0.3) is 0 Å². The van der Waals surface area contributed by atoms with Crippen LogP contribution in [0.5, 0.6) is 5.75 Å². The third kappa shape index (κ3) is 3.70. The summed E-state index contributed by atoms with van der Waals surface area (Å²) >= 11 is 0. The van der Waals surface area contributed by atoms with E-state index in [9.17, 15) is 4.79 Å². The Hall–Kier alpha value is -1.55. The Morgan fingerprint density at radius 1 is 1.26 bits per heavy atom. The van der Waals surface area contributed by atoms with E-state index in [2.05, 4.69) is 5.32 Å². The van der Waals surface area contributed by atoms with Crippen LogP contribution in [0.3, 0.4) is 0 Å². The Labute approximate surface area is 115 Å². The van der Waals surface area contributed by atoms with E-state index in [1.165, 1.54) is 0 Å². The van der Waals surface area contributed by atoms with Gasteiger partial charge in [0.05, 0.1) is 17.7 Å². The molecule has 1 aromatic rings. The number of rotatable bonds is 7. The maximum absolute atomic E-state index is 12.4. The molecule has 1 aromatic carbocycles. The lowest BCUT2D eigenvalue weighted by molar-refractivity contribution is 0.0891. The topological polar surface area (TPSA) is 64.3 Å². The fraction of sp³-hybridized carbons (Fsp3) is 0.533. The lowest BCUT2D eigenvalue weighted by atomic mass is 9.92. The summed E-state index contributed by atoms with van der Waals surface area (Å²) in [6, 6.07) is 7.27. The van der Waals surface area contributed by atoms with Gasteiger partial charge in [0.15, 0.2) is 0 Å². The fourth-order valence-electron chi connectivity index (χ4n) is 2.01. The molecule has 0 aliphatic carbocycles. The minimum absolute atomic E-state index is 0.127. The van der Waals surface area contributed by atoms with Crippen molar-refractivity contribution in [3.63, 3.8) is 0 Å². The molecule has 3 N–H and O–H groups in total. The first-order valence-electron chi connectivity index (χ1n) is 6.86. The lowest BCUT2D eigenvalue weighted by Gasteiger charge is -2.31. The molecular weight excluding hydrogens is 240 g/mol. The molecule has 0 fully saturated rings. The predicted octanol–water partition coefficient (Wildman–Crippen LogP) is 2.33. The third-order valence-electron chi connectivity index (χ3n) is 3.55. The summed E-state index contributed by atoms with van der Waals surface area (Å²) in [5.41, 5.74) is 6.03. The van der Waals surface area contributed by atoms with Crippen molar-refractivity contribution in [1.29, 1.82) is 0 Å². The van der Waals surface area contributed by atoms with Crippen molar-refractivity contribution >= 4 is 5.91 Å². The summed E-state index contributed by atoms with van der Waals surface area (Å²) in [7, 11) is 0. The molecule has 19 heavy (non-hydrogen) atoms. The Morgan fingerprint density at radius 3 is 2.42 bits per heavy atom. The van der Waals surface area contributed by atoms with Crippen LogP contribution in [-0.2, 0) is 0 Å². The molecule has 0 saturated carbocycles. The molecule has 1 amide bonds. The van der Waals surface area contributed by atoms with E-state index < -0.39 is 0 Å². The van der Waals surface area contributed by atoms with Crippen LogP contribution < -0.4 is 15.8 Å². The number of carbonyl (C=O) groups excluding carboxylic acids is 1. The van der Waals surface area contributed by atoms with E-state index in [-0.39, 0.29) is 11.4 Å². The standard InChI is InChI=1S/C15H24N2O2/c1-4-15(5-2,11-16)17-14(18)12-9-7-8-10-13(12)19-6-3/h7-10H,4-6,11,16H2,1-3H3,(H,17,18). The van der Waals surface area contributed by atoms with Crippen LogP contribution in [0, 0.1) is 0 Å². The van der Waals surface area contributed by atoms with Crippen LogP contribution in [0.15, 0.2) is 24.3 Å². The molecule has 0 radical (unpaired) electrons. The number of hydrogen-bond donors (Lipinski definition) is 2. The largest absolute Gasteiger partial charge is 0.493 e. The van der Waals surface area contributed by atoms with Crippen molar-refractivity contribution in [1.82, 2.24) is 5.32 Å². The lowest BCUT2D eigenvalue weighted by Crippen LogP contribution is -2.52. The normalized spacial score (nSPS) is 11.2. The number of amides is 1. The Bertz CT molecular complexity index is 406. The van der Waals surface area contributed by atoms with E-state index >= 15 is 0 Å². The number of hydrogen-bond acceptors (Lipinski definition) is 3. The molecule has 106 valence electrons. The minimum Gasteiger partial charge on any atom is -0.493 e. The van der Waals surface area contributed by atoms with Crippen molar-refractivity contribution < 1.29 is 9.53 Å². The van der Waals surface area contributed by atoms with Gasteiger partial charge in [-0.2, -0.15) is 0 Å². The van der Waals surface area contributed by atoms with Crippen molar-refractivity contribution in [2.75, 3.05) is 13.2 Å². The molecule has 0 spiro atoms. The zero-order valence-electron chi connectivity index (χ0n) is 12.0. The molecule has 4 nitrogen and oxygen atoms in total.